The number of para-hydroxylation sites is 1. The van der Waals surface area contributed by atoms with Crippen molar-refractivity contribution in [3.8, 4) is 0 Å². The fourth-order valence-electron chi connectivity index (χ4n) is 2.33. The van der Waals surface area contributed by atoms with Crippen molar-refractivity contribution in [1.82, 2.24) is 9.97 Å². The Balaban J connectivity index is 0.00000161. The van der Waals surface area contributed by atoms with Crippen LogP contribution in [0, 0.1) is 0 Å². The van der Waals surface area contributed by atoms with E-state index in [0.717, 1.165) is 11.9 Å². The van der Waals surface area contributed by atoms with Crippen molar-refractivity contribution >= 4 is 46.9 Å². The van der Waals surface area contributed by atoms with Gasteiger partial charge >= 0.3 is 0 Å². The molecule has 2 aromatic rings. The Morgan fingerprint density at radius 3 is 3.00 bits per heavy atom. The van der Waals surface area contributed by atoms with Crippen molar-refractivity contribution < 1.29 is 9.53 Å². The van der Waals surface area contributed by atoms with E-state index >= 15 is 0 Å². The molecule has 0 bridgehead atoms. The highest BCUT2D eigenvalue weighted by Gasteiger charge is 2.30. The third-order valence-corrected chi connectivity index (χ3v) is 3.67. The Kier molecular flexibility index (Phi) is 5.05. The summed E-state index contributed by atoms with van der Waals surface area (Å²) in [4.78, 5) is 19.3. The van der Waals surface area contributed by atoms with Crippen LogP contribution in [0.4, 0.5) is 5.95 Å². The van der Waals surface area contributed by atoms with Crippen molar-refractivity contribution in [3.05, 3.63) is 23.2 Å². The SMILES string of the molecule is Cl.NC[C@H]1CC[C@@H](C(=O)Nc2nc3c(Cl)cccc3[nH]2)O1. The molecule has 6 nitrogen and oxygen atoms in total. The number of hydrogen-bond acceptors (Lipinski definition) is 4. The van der Waals surface area contributed by atoms with Crippen molar-refractivity contribution in [3.63, 3.8) is 0 Å². The fraction of sp³-hybridized carbons (Fsp3) is 0.385. The molecule has 114 valence electrons. The highest BCUT2D eigenvalue weighted by molar-refractivity contribution is 6.35. The van der Waals surface area contributed by atoms with E-state index in [0.29, 0.717) is 29.5 Å². The van der Waals surface area contributed by atoms with Gasteiger partial charge in [-0.05, 0) is 25.0 Å². The molecule has 1 saturated heterocycles. The van der Waals surface area contributed by atoms with Crippen molar-refractivity contribution in [2.45, 2.75) is 25.0 Å². The number of benzene rings is 1. The Morgan fingerprint density at radius 2 is 2.33 bits per heavy atom. The maximum absolute atomic E-state index is 12.1. The van der Waals surface area contributed by atoms with Crippen molar-refractivity contribution in [2.75, 3.05) is 11.9 Å². The first-order valence-electron chi connectivity index (χ1n) is 6.48. The smallest absolute Gasteiger partial charge is 0.255 e. The number of nitrogens with zero attached hydrogens (tertiary/aromatic N) is 1. The topological polar surface area (TPSA) is 93.0 Å². The van der Waals surface area contributed by atoms with Crippen molar-refractivity contribution in [1.29, 1.82) is 0 Å². The number of halogens is 2. The molecule has 2 atom stereocenters. The van der Waals surface area contributed by atoms with Crippen LogP contribution >= 0.6 is 24.0 Å². The average molecular weight is 331 g/mol. The van der Waals surface area contributed by atoms with E-state index in [1.165, 1.54) is 0 Å². The lowest BCUT2D eigenvalue weighted by Crippen LogP contribution is -2.30. The Hall–Kier alpha value is -1.34. The van der Waals surface area contributed by atoms with Crippen LogP contribution in [-0.2, 0) is 9.53 Å². The number of H-pyrrole nitrogens is 1. The molecule has 3 rings (SSSR count). The number of amides is 1. The first kappa shape index (κ1) is 16.0. The van der Waals surface area contributed by atoms with Gasteiger partial charge in [0, 0.05) is 6.54 Å². The summed E-state index contributed by atoms with van der Waals surface area (Å²) >= 11 is 6.04. The minimum absolute atomic E-state index is 0. The number of fused-ring (bicyclic) bond motifs is 1. The van der Waals surface area contributed by atoms with E-state index in [9.17, 15) is 4.79 Å². The normalized spacial score (nSPS) is 21.2. The van der Waals surface area contributed by atoms with Crippen LogP contribution < -0.4 is 11.1 Å². The van der Waals surface area contributed by atoms with Gasteiger partial charge in [0.25, 0.3) is 5.91 Å². The predicted octanol–water partition coefficient (Wildman–Crippen LogP) is 2.08. The van der Waals surface area contributed by atoms with E-state index in [1.807, 2.05) is 12.1 Å². The summed E-state index contributed by atoms with van der Waals surface area (Å²) in [6, 6.07) is 5.42. The molecule has 0 unspecified atom stereocenters. The lowest BCUT2D eigenvalue weighted by atomic mass is 10.2. The number of carbonyl (C=O) groups excluding carboxylic acids is 1. The van der Waals surface area contributed by atoms with Gasteiger partial charge in [0.2, 0.25) is 5.95 Å². The molecule has 21 heavy (non-hydrogen) atoms. The minimum atomic E-state index is -0.466. The van der Waals surface area contributed by atoms with Gasteiger partial charge in [0.05, 0.1) is 16.6 Å². The van der Waals surface area contributed by atoms with Gasteiger partial charge in [-0.3, -0.25) is 10.1 Å². The molecule has 0 saturated carbocycles. The molecule has 0 radical (unpaired) electrons. The molecule has 1 aliphatic heterocycles. The first-order chi connectivity index (χ1) is 9.67. The number of rotatable bonds is 3. The summed E-state index contributed by atoms with van der Waals surface area (Å²) in [5, 5.41) is 3.26. The van der Waals surface area contributed by atoms with Crippen molar-refractivity contribution in [2.24, 2.45) is 5.73 Å². The molecule has 8 heteroatoms. The van der Waals surface area contributed by atoms with Crippen LogP contribution in [0.25, 0.3) is 11.0 Å². The molecular formula is C13H16Cl2N4O2. The number of hydrogen-bond donors (Lipinski definition) is 3. The molecule has 0 aliphatic carbocycles. The van der Waals surface area contributed by atoms with Gasteiger partial charge < -0.3 is 15.5 Å². The third kappa shape index (κ3) is 3.29. The van der Waals surface area contributed by atoms with Gasteiger partial charge in [-0.2, -0.15) is 0 Å². The largest absolute Gasteiger partial charge is 0.364 e. The van der Waals surface area contributed by atoms with Crippen LogP contribution in [0.1, 0.15) is 12.8 Å². The monoisotopic (exact) mass is 330 g/mol. The second-order valence-corrected chi connectivity index (χ2v) is 5.18. The van der Waals surface area contributed by atoms with Gasteiger partial charge in [-0.15, -0.1) is 12.4 Å². The lowest BCUT2D eigenvalue weighted by Gasteiger charge is -2.11. The van der Waals surface area contributed by atoms with Crippen LogP contribution in [-0.4, -0.2) is 34.6 Å². The highest BCUT2D eigenvalue weighted by atomic mass is 35.5. The number of aromatic amines is 1. The maximum Gasteiger partial charge on any atom is 0.255 e. The molecule has 0 spiro atoms. The summed E-state index contributed by atoms with van der Waals surface area (Å²) in [7, 11) is 0. The zero-order chi connectivity index (χ0) is 14.1. The molecule has 1 fully saturated rings. The number of nitrogens with two attached hydrogens (primary N) is 1. The average Bonchev–Trinajstić information content (AvgIpc) is 3.05. The lowest BCUT2D eigenvalue weighted by molar-refractivity contribution is -0.126. The van der Waals surface area contributed by atoms with Gasteiger partial charge in [-0.1, -0.05) is 17.7 Å². The quantitative estimate of drug-likeness (QED) is 0.803. The third-order valence-electron chi connectivity index (χ3n) is 3.37. The Labute approximate surface area is 132 Å². The second kappa shape index (κ2) is 6.62. The molecule has 2 heterocycles. The molecule has 4 N–H and O–H groups in total. The summed E-state index contributed by atoms with van der Waals surface area (Å²) in [5.41, 5.74) is 6.94. The van der Waals surface area contributed by atoms with Crippen LogP contribution in [0.2, 0.25) is 5.02 Å². The number of nitrogens with one attached hydrogen (secondary N) is 2. The summed E-state index contributed by atoms with van der Waals surface area (Å²) in [5.74, 6) is 0.161. The van der Waals surface area contributed by atoms with E-state index in [1.54, 1.807) is 6.07 Å². The standard InChI is InChI=1S/C13H15ClN4O2.ClH/c14-8-2-1-3-9-11(8)17-13(16-9)18-12(19)10-5-4-7(6-15)20-10;/h1-3,7,10H,4-6,15H2,(H2,16,17,18,19);1H/t7-,10+;/m1./s1. The second-order valence-electron chi connectivity index (χ2n) is 4.77. The van der Waals surface area contributed by atoms with E-state index in [4.69, 9.17) is 22.1 Å². The molecule has 1 amide bonds. The number of anilines is 1. The highest BCUT2D eigenvalue weighted by Crippen LogP contribution is 2.24. The Bertz CT molecular complexity index is 646. The van der Waals surface area contributed by atoms with E-state index < -0.39 is 6.10 Å². The van der Waals surface area contributed by atoms with Crippen LogP contribution in [0.5, 0.6) is 0 Å². The van der Waals surface area contributed by atoms with Gasteiger partial charge in [0.1, 0.15) is 11.6 Å². The fourth-order valence-corrected chi connectivity index (χ4v) is 2.54. The van der Waals surface area contributed by atoms with Crippen LogP contribution in [0.3, 0.4) is 0 Å². The number of ether oxygens (including phenoxy) is 1. The number of imidazole rings is 1. The number of aromatic nitrogens is 2. The zero-order valence-electron chi connectivity index (χ0n) is 11.1. The summed E-state index contributed by atoms with van der Waals surface area (Å²) < 4.78 is 5.54. The van der Waals surface area contributed by atoms with Gasteiger partial charge in [-0.25, -0.2) is 4.98 Å². The van der Waals surface area contributed by atoms with E-state index in [-0.39, 0.29) is 24.4 Å². The zero-order valence-corrected chi connectivity index (χ0v) is 12.7. The Morgan fingerprint density at radius 1 is 1.52 bits per heavy atom. The predicted molar refractivity (Wildman–Crippen MR) is 83.9 cm³/mol. The molecule has 1 aliphatic rings. The molecule has 1 aromatic heterocycles. The summed E-state index contributed by atoms with van der Waals surface area (Å²) in [6.07, 6.45) is 0.984. The summed E-state index contributed by atoms with van der Waals surface area (Å²) in [6.45, 7) is 0.435. The minimum Gasteiger partial charge on any atom is -0.364 e. The molecular weight excluding hydrogens is 315 g/mol. The van der Waals surface area contributed by atoms with E-state index in [2.05, 4.69) is 15.3 Å². The first-order valence-corrected chi connectivity index (χ1v) is 6.86. The maximum atomic E-state index is 12.1. The van der Waals surface area contributed by atoms with Gasteiger partial charge in [0.15, 0.2) is 0 Å². The molecule has 1 aromatic carbocycles. The van der Waals surface area contributed by atoms with Crippen LogP contribution in [0.15, 0.2) is 18.2 Å². The number of carbonyl (C=O) groups is 1.